The van der Waals surface area contributed by atoms with Crippen LogP contribution in [0.1, 0.15) is 11.9 Å². The minimum Gasteiger partial charge on any atom is -0.451 e. The van der Waals surface area contributed by atoms with Crippen molar-refractivity contribution in [2.24, 2.45) is 0 Å². The lowest BCUT2D eigenvalue weighted by Gasteiger charge is -2.24. The highest BCUT2D eigenvalue weighted by molar-refractivity contribution is 6.02. The van der Waals surface area contributed by atoms with Crippen LogP contribution in [0.25, 0.3) is 21.5 Å². The molecule has 0 atom stereocenters. The van der Waals surface area contributed by atoms with Gasteiger partial charge in [-0.3, -0.25) is 0 Å². The zero-order valence-corrected chi connectivity index (χ0v) is 15.9. The van der Waals surface area contributed by atoms with Gasteiger partial charge in [0.25, 0.3) is 6.29 Å². The Bertz CT molecular complexity index is 1150. The fourth-order valence-corrected chi connectivity index (χ4v) is 3.69. The van der Waals surface area contributed by atoms with E-state index in [0.717, 1.165) is 27.8 Å². The van der Waals surface area contributed by atoms with Crippen LogP contribution in [0.3, 0.4) is 0 Å². The second-order valence-electron chi connectivity index (χ2n) is 6.93. The van der Waals surface area contributed by atoms with Crippen LogP contribution in [-0.2, 0) is 0 Å². The number of fused-ring (bicyclic) bond motifs is 2. The van der Waals surface area contributed by atoms with Gasteiger partial charge >= 0.3 is 0 Å². The number of para-hydroxylation sites is 2. The number of benzene rings is 5. The first-order valence-corrected chi connectivity index (χ1v) is 9.72. The number of rotatable bonds is 5. The maximum absolute atomic E-state index is 6.40. The summed E-state index contributed by atoms with van der Waals surface area (Å²) in [5, 5.41) is 4.59. The predicted molar refractivity (Wildman–Crippen MR) is 118 cm³/mol. The molecule has 0 radical (unpaired) electrons. The van der Waals surface area contributed by atoms with Gasteiger partial charge in [-0.2, -0.15) is 0 Å². The van der Waals surface area contributed by atoms with E-state index in [1.807, 2.05) is 60.7 Å². The predicted octanol–water partition coefficient (Wildman–Crippen LogP) is 7.15. The minimum atomic E-state index is -0.587. The molecule has 0 saturated carbocycles. The quantitative estimate of drug-likeness (QED) is 0.239. The first-order chi connectivity index (χ1) is 14.4. The molecule has 5 rings (SSSR count). The summed E-state index contributed by atoms with van der Waals surface area (Å²) in [6, 6.07) is 38.6. The van der Waals surface area contributed by atoms with E-state index < -0.39 is 6.29 Å². The summed E-state index contributed by atoms with van der Waals surface area (Å²) in [4.78, 5) is 0. The van der Waals surface area contributed by atoms with Gasteiger partial charge in [-0.25, -0.2) is 0 Å². The van der Waals surface area contributed by atoms with Crippen molar-refractivity contribution in [1.29, 1.82) is 0 Å². The van der Waals surface area contributed by atoms with Gasteiger partial charge in [0, 0.05) is 5.56 Å². The van der Waals surface area contributed by atoms with Crippen LogP contribution in [0.15, 0.2) is 115 Å². The molecular weight excluding hydrogens is 356 g/mol. The van der Waals surface area contributed by atoms with Crippen molar-refractivity contribution in [3.63, 3.8) is 0 Å². The summed E-state index contributed by atoms with van der Waals surface area (Å²) in [6.07, 6.45) is -0.587. The molecule has 0 amide bonds. The van der Waals surface area contributed by atoms with E-state index in [1.54, 1.807) is 0 Å². The summed E-state index contributed by atoms with van der Waals surface area (Å²) in [5.41, 5.74) is 1.03. The van der Waals surface area contributed by atoms with Crippen molar-refractivity contribution in [1.82, 2.24) is 0 Å². The summed E-state index contributed by atoms with van der Waals surface area (Å²) in [5.74, 6) is 1.54. The Labute approximate surface area is 170 Å². The Hall–Kier alpha value is -3.78. The fourth-order valence-electron chi connectivity index (χ4n) is 3.69. The molecule has 0 spiro atoms. The van der Waals surface area contributed by atoms with Crippen LogP contribution in [0.4, 0.5) is 0 Å². The van der Waals surface area contributed by atoms with Crippen LogP contribution in [0, 0.1) is 0 Å². The molecule has 140 valence electrons. The lowest BCUT2D eigenvalue weighted by atomic mass is 9.96. The molecular formula is C27H20O2. The molecule has 0 heterocycles. The van der Waals surface area contributed by atoms with Gasteiger partial charge < -0.3 is 9.47 Å². The Morgan fingerprint density at radius 3 is 1.34 bits per heavy atom. The monoisotopic (exact) mass is 376 g/mol. The summed E-state index contributed by atoms with van der Waals surface area (Å²) in [6.45, 7) is 0. The highest BCUT2D eigenvalue weighted by atomic mass is 16.7. The van der Waals surface area contributed by atoms with Gasteiger partial charge in [0.05, 0.1) is 0 Å². The molecule has 5 aromatic rings. The minimum absolute atomic E-state index is 0.587. The average molecular weight is 376 g/mol. The van der Waals surface area contributed by atoms with E-state index in [4.69, 9.17) is 9.47 Å². The third-order valence-corrected chi connectivity index (χ3v) is 5.02. The Morgan fingerprint density at radius 1 is 0.448 bits per heavy atom. The molecule has 0 aliphatic carbocycles. The second-order valence-corrected chi connectivity index (χ2v) is 6.93. The van der Waals surface area contributed by atoms with Crippen molar-refractivity contribution >= 4 is 21.5 Å². The Balaban J connectivity index is 1.72. The van der Waals surface area contributed by atoms with Crippen molar-refractivity contribution < 1.29 is 9.47 Å². The zero-order valence-electron chi connectivity index (χ0n) is 15.9. The van der Waals surface area contributed by atoms with E-state index in [9.17, 15) is 0 Å². The molecule has 0 unspecified atom stereocenters. The van der Waals surface area contributed by atoms with Gasteiger partial charge in [0.1, 0.15) is 11.5 Å². The largest absolute Gasteiger partial charge is 0.451 e. The van der Waals surface area contributed by atoms with Crippen molar-refractivity contribution in [2.75, 3.05) is 0 Å². The van der Waals surface area contributed by atoms with Gasteiger partial charge in [0.15, 0.2) is 0 Å². The molecule has 0 aliphatic heterocycles. The number of ether oxygens (including phenoxy) is 2. The second kappa shape index (κ2) is 7.69. The van der Waals surface area contributed by atoms with E-state index in [1.165, 1.54) is 10.8 Å². The molecule has 0 bridgehead atoms. The van der Waals surface area contributed by atoms with E-state index >= 15 is 0 Å². The SMILES string of the molecule is c1ccc(OC(Oc2ccccc2)c2c3ccccc3cc3ccccc23)cc1. The Kier molecular flexibility index (Phi) is 4.59. The van der Waals surface area contributed by atoms with Crippen LogP contribution in [0.5, 0.6) is 11.5 Å². The highest BCUT2D eigenvalue weighted by Crippen LogP contribution is 2.36. The molecule has 29 heavy (non-hydrogen) atoms. The van der Waals surface area contributed by atoms with Crippen molar-refractivity contribution in [2.45, 2.75) is 6.29 Å². The normalized spacial score (nSPS) is 11.1. The molecule has 2 heteroatoms. The molecule has 0 aliphatic rings. The van der Waals surface area contributed by atoms with Crippen molar-refractivity contribution in [3.05, 3.63) is 121 Å². The zero-order chi connectivity index (χ0) is 19.5. The lowest BCUT2D eigenvalue weighted by molar-refractivity contribution is 0.00619. The first kappa shape index (κ1) is 17.3. The maximum Gasteiger partial charge on any atom is 0.268 e. The molecule has 0 aromatic heterocycles. The van der Waals surface area contributed by atoms with Gasteiger partial charge in [-0.1, -0.05) is 84.9 Å². The number of hydrogen-bond donors (Lipinski definition) is 0. The van der Waals surface area contributed by atoms with Gasteiger partial charge in [0.2, 0.25) is 0 Å². The third-order valence-electron chi connectivity index (χ3n) is 5.02. The van der Waals surface area contributed by atoms with E-state index in [-0.39, 0.29) is 0 Å². The van der Waals surface area contributed by atoms with Gasteiger partial charge in [-0.05, 0) is 51.9 Å². The lowest BCUT2D eigenvalue weighted by Crippen LogP contribution is -2.16. The summed E-state index contributed by atoms with van der Waals surface area (Å²) < 4.78 is 12.8. The van der Waals surface area contributed by atoms with E-state index in [0.29, 0.717) is 0 Å². The van der Waals surface area contributed by atoms with Crippen LogP contribution in [-0.4, -0.2) is 0 Å². The standard InChI is InChI=1S/C27H20O2/c1-3-13-22(14-4-1)28-27(29-23-15-5-2-6-16-23)26-24-17-9-7-11-20(24)19-21-12-8-10-18-25(21)26/h1-19,27H. The van der Waals surface area contributed by atoms with Crippen LogP contribution < -0.4 is 9.47 Å². The Morgan fingerprint density at radius 2 is 0.862 bits per heavy atom. The van der Waals surface area contributed by atoms with Crippen LogP contribution in [0.2, 0.25) is 0 Å². The first-order valence-electron chi connectivity index (χ1n) is 9.72. The molecule has 0 N–H and O–H groups in total. The topological polar surface area (TPSA) is 18.5 Å². The molecule has 2 nitrogen and oxygen atoms in total. The van der Waals surface area contributed by atoms with Gasteiger partial charge in [-0.15, -0.1) is 0 Å². The molecule has 5 aromatic carbocycles. The maximum atomic E-state index is 6.40. The number of hydrogen-bond acceptors (Lipinski definition) is 2. The highest BCUT2D eigenvalue weighted by Gasteiger charge is 2.21. The molecule has 0 saturated heterocycles. The average Bonchev–Trinajstić information content (AvgIpc) is 2.78. The van der Waals surface area contributed by atoms with Crippen molar-refractivity contribution in [3.8, 4) is 11.5 Å². The third kappa shape index (κ3) is 3.53. The van der Waals surface area contributed by atoms with E-state index in [2.05, 4.69) is 54.6 Å². The fraction of sp³-hybridized carbons (Fsp3) is 0.0370. The summed E-state index contributed by atoms with van der Waals surface area (Å²) in [7, 11) is 0. The summed E-state index contributed by atoms with van der Waals surface area (Å²) >= 11 is 0. The smallest absolute Gasteiger partial charge is 0.268 e. The molecule has 0 fully saturated rings. The van der Waals surface area contributed by atoms with Crippen LogP contribution >= 0.6 is 0 Å².